The van der Waals surface area contributed by atoms with Gasteiger partial charge < -0.3 is 10.2 Å². The van der Waals surface area contributed by atoms with Gasteiger partial charge in [0, 0.05) is 12.4 Å². The Kier molecular flexibility index (Phi) is 3.39. The lowest BCUT2D eigenvalue weighted by molar-refractivity contribution is 0.0600. The summed E-state index contributed by atoms with van der Waals surface area (Å²) in [6.45, 7) is 0. The number of aromatic nitrogens is 3. The van der Waals surface area contributed by atoms with Gasteiger partial charge in [-0.15, -0.1) is 0 Å². The number of esters is 1. The first-order valence-electron chi connectivity index (χ1n) is 6.55. The number of nitrogens with zero attached hydrogens (tertiary/aromatic N) is 2. The van der Waals surface area contributed by atoms with Crippen molar-refractivity contribution in [3.8, 4) is 11.3 Å². The summed E-state index contributed by atoms with van der Waals surface area (Å²) in [7, 11) is -1.80. The van der Waals surface area contributed by atoms with Gasteiger partial charge in [-0.05, 0) is 6.42 Å². The number of nitrogens with one attached hydrogen (secondary N) is 2. The number of aromatic amines is 1. The summed E-state index contributed by atoms with van der Waals surface area (Å²) in [4.78, 5) is 23.5. The maximum Gasteiger partial charge on any atom is 0.341 e. The second kappa shape index (κ2) is 5.13. The second-order valence-electron chi connectivity index (χ2n) is 5.11. The molecule has 0 spiro atoms. The molecular formula is C12H14N4O5S. The Morgan fingerprint density at radius 3 is 2.91 bits per heavy atom. The average Bonchev–Trinajstić information content (AvgIpc) is 3.01. The molecule has 0 saturated carbocycles. The molecule has 0 aromatic carbocycles. The number of hydrogen-bond acceptors (Lipinski definition) is 7. The molecule has 0 aliphatic carbocycles. The Labute approximate surface area is 125 Å². The van der Waals surface area contributed by atoms with Crippen LogP contribution in [0, 0.1) is 0 Å². The Bertz CT molecular complexity index is 853. The number of sulfone groups is 1. The third-order valence-electron chi connectivity index (χ3n) is 3.53. The number of rotatable bonds is 3. The zero-order chi connectivity index (χ0) is 15.9. The highest BCUT2D eigenvalue weighted by Crippen LogP contribution is 2.21. The topological polar surface area (TPSA) is 123 Å². The fourth-order valence-corrected chi connectivity index (χ4v) is 4.14. The fourth-order valence-electron chi connectivity index (χ4n) is 2.48. The first-order chi connectivity index (χ1) is 10.4. The van der Waals surface area contributed by atoms with Gasteiger partial charge in [0.05, 0.1) is 30.2 Å². The Hall–Kier alpha value is -2.36. The number of pyridine rings is 1. The van der Waals surface area contributed by atoms with E-state index in [0.717, 1.165) is 0 Å². The van der Waals surface area contributed by atoms with Gasteiger partial charge in [-0.3, -0.25) is 9.47 Å². The molecule has 3 rings (SSSR count). The number of methoxy groups -OCH3 is 1. The van der Waals surface area contributed by atoms with Gasteiger partial charge in [-0.2, -0.15) is 5.10 Å². The molecule has 9 nitrogen and oxygen atoms in total. The van der Waals surface area contributed by atoms with Gasteiger partial charge in [0.1, 0.15) is 11.3 Å². The molecule has 0 aromatic heterocycles. The standard InChI is InChI=1S/C12H14N4O5S/c1-21-12(18)9-5-16(4-8-10(9)13-14-11(8)17)15-7-2-3-22(19,20)6-7/h4-5,7,15H,2-3,6H2,1H3,(H,14,17)/t7-/m1/s1. The van der Waals surface area contributed by atoms with Crippen molar-refractivity contribution < 1.29 is 17.9 Å². The molecule has 3 heterocycles. The smallest absolute Gasteiger partial charge is 0.341 e. The van der Waals surface area contributed by atoms with Crippen LogP contribution in [0.15, 0.2) is 17.2 Å². The molecule has 1 fully saturated rings. The second-order valence-corrected chi connectivity index (χ2v) is 7.34. The molecule has 0 unspecified atom stereocenters. The van der Waals surface area contributed by atoms with E-state index in [-0.39, 0.29) is 34.4 Å². The highest BCUT2D eigenvalue weighted by Gasteiger charge is 2.29. The van der Waals surface area contributed by atoms with Gasteiger partial charge in [-0.25, -0.2) is 18.3 Å². The summed E-state index contributed by atoms with van der Waals surface area (Å²) in [5.41, 5.74) is 3.09. The predicted molar refractivity (Wildman–Crippen MR) is 77.2 cm³/mol. The third kappa shape index (κ3) is 2.56. The van der Waals surface area contributed by atoms with Crippen molar-refractivity contribution in [2.75, 3.05) is 24.0 Å². The number of hydrogen-bond donors (Lipinski definition) is 2. The molecular weight excluding hydrogens is 312 g/mol. The summed E-state index contributed by atoms with van der Waals surface area (Å²) in [5, 5.41) is 6.09. The van der Waals surface area contributed by atoms with Crippen LogP contribution in [0.25, 0.3) is 11.3 Å². The van der Waals surface area contributed by atoms with Gasteiger partial charge >= 0.3 is 5.97 Å². The van der Waals surface area contributed by atoms with Gasteiger partial charge in [0.2, 0.25) is 0 Å². The van der Waals surface area contributed by atoms with Crippen molar-refractivity contribution in [3.63, 3.8) is 0 Å². The van der Waals surface area contributed by atoms with Gasteiger partial charge in [-0.1, -0.05) is 0 Å². The van der Waals surface area contributed by atoms with Crippen LogP contribution in [0.5, 0.6) is 0 Å². The zero-order valence-electron chi connectivity index (χ0n) is 11.7. The maximum atomic E-state index is 11.8. The van der Waals surface area contributed by atoms with E-state index in [2.05, 4.69) is 20.4 Å². The highest BCUT2D eigenvalue weighted by molar-refractivity contribution is 7.91. The minimum atomic E-state index is -3.03. The first kappa shape index (κ1) is 14.6. The first-order valence-corrected chi connectivity index (χ1v) is 8.37. The molecule has 118 valence electrons. The molecule has 0 amide bonds. The minimum absolute atomic E-state index is 0.0151. The Morgan fingerprint density at radius 2 is 2.27 bits per heavy atom. The molecule has 1 atom stereocenters. The summed E-state index contributed by atoms with van der Waals surface area (Å²) in [6.07, 6.45) is 3.37. The van der Waals surface area contributed by atoms with E-state index in [1.165, 1.54) is 24.2 Å². The summed E-state index contributed by atoms with van der Waals surface area (Å²) in [5.74, 6) is -0.497. The quantitative estimate of drug-likeness (QED) is 0.707. The normalized spacial score (nSPS) is 20.1. The van der Waals surface area contributed by atoms with Crippen molar-refractivity contribution in [1.82, 2.24) is 14.9 Å². The van der Waals surface area contributed by atoms with Crippen LogP contribution >= 0.6 is 0 Å². The van der Waals surface area contributed by atoms with Crippen LogP contribution in [-0.2, 0) is 14.6 Å². The van der Waals surface area contributed by atoms with Gasteiger partial charge in [0.25, 0.3) is 5.56 Å². The Balaban J connectivity index is 1.99. The van der Waals surface area contributed by atoms with Crippen molar-refractivity contribution in [1.29, 1.82) is 0 Å². The number of H-pyrrole nitrogens is 1. The minimum Gasteiger partial charge on any atom is -0.465 e. The lowest BCUT2D eigenvalue weighted by atomic mass is 10.1. The largest absolute Gasteiger partial charge is 0.465 e. The van der Waals surface area contributed by atoms with E-state index >= 15 is 0 Å². The van der Waals surface area contributed by atoms with Crippen molar-refractivity contribution >= 4 is 15.8 Å². The lowest BCUT2D eigenvalue weighted by Crippen LogP contribution is -2.30. The highest BCUT2D eigenvalue weighted by atomic mass is 32.2. The molecule has 0 radical (unpaired) electrons. The molecule has 0 aromatic rings. The van der Waals surface area contributed by atoms with Crippen LogP contribution in [0.1, 0.15) is 16.8 Å². The molecule has 3 aliphatic heterocycles. The van der Waals surface area contributed by atoms with Crippen LogP contribution in [0.3, 0.4) is 0 Å². The summed E-state index contributed by atoms with van der Waals surface area (Å²) >= 11 is 0. The Morgan fingerprint density at radius 1 is 1.50 bits per heavy atom. The van der Waals surface area contributed by atoms with E-state index in [4.69, 9.17) is 0 Å². The van der Waals surface area contributed by atoms with E-state index in [1.54, 1.807) is 0 Å². The predicted octanol–water partition coefficient (Wildman–Crippen LogP) is -0.807. The third-order valence-corrected chi connectivity index (χ3v) is 5.30. The molecule has 0 bridgehead atoms. The molecule has 2 N–H and O–H groups in total. The van der Waals surface area contributed by atoms with E-state index < -0.39 is 21.4 Å². The number of ether oxygens (including phenoxy) is 1. The van der Waals surface area contributed by atoms with E-state index in [0.29, 0.717) is 6.42 Å². The molecule has 10 heteroatoms. The van der Waals surface area contributed by atoms with Crippen molar-refractivity contribution in [2.45, 2.75) is 12.5 Å². The van der Waals surface area contributed by atoms with Crippen molar-refractivity contribution in [2.24, 2.45) is 0 Å². The van der Waals surface area contributed by atoms with Crippen LogP contribution in [0.2, 0.25) is 0 Å². The van der Waals surface area contributed by atoms with Crippen LogP contribution in [0.4, 0.5) is 0 Å². The number of carbonyl (C=O) groups is 1. The maximum absolute atomic E-state index is 11.8. The van der Waals surface area contributed by atoms with E-state index in [1.807, 2.05) is 0 Å². The molecule has 22 heavy (non-hydrogen) atoms. The molecule has 1 saturated heterocycles. The van der Waals surface area contributed by atoms with E-state index in [9.17, 15) is 18.0 Å². The fraction of sp³-hybridized carbons (Fsp3) is 0.417. The monoisotopic (exact) mass is 326 g/mol. The zero-order valence-corrected chi connectivity index (χ0v) is 12.5. The van der Waals surface area contributed by atoms with Gasteiger partial charge in [0.15, 0.2) is 9.84 Å². The summed E-state index contributed by atoms with van der Waals surface area (Å²) in [6, 6.07) is -0.278. The number of carbonyl (C=O) groups excluding carboxylic acids is 1. The lowest BCUT2D eigenvalue weighted by Gasteiger charge is -2.17. The van der Waals surface area contributed by atoms with Crippen LogP contribution in [-0.4, -0.2) is 53.9 Å². The van der Waals surface area contributed by atoms with Crippen LogP contribution < -0.4 is 11.0 Å². The van der Waals surface area contributed by atoms with Crippen molar-refractivity contribution in [3.05, 3.63) is 28.3 Å². The SMILES string of the molecule is COC(=O)c1cn(N[C@@H]2CCS(=O)(=O)C2)cc2c(=O)[nH]nc1-2. The molecule has 3 aliphatic rings. The number of fused-ring (bicyclic) bond motifs is 1. The summed E-state index contributed by atoms with van der Waals surface area (Å²) < 4.78 is 29.1. The average molecular weight is 326 g/mol.